The number of sulfone groups is 1. The Bertz CT molecular complexity index is 694. The molecule has 1 aromatic heterocycles. The van der Waals surface area contributed by atoms with Crippen molar-refractivity contribution in [2.75, 3.05) is 18.1 Å². The van der Waals surface area contributed by atoms with Gasteiger partial charge in [0.25, 0.3) is 0 Å². The van der Waals surface area contributed by atoms with Crippen LogP contribution in [0.4, 0.5) is 0 Å². The van der Waals surface area contributed by atoms with Gasteiger partial charge in [-0.2, -0.15) is 5.10 Å². The maximum Gasteiger partial charge on any atom is 0.223 e. The summed E-state index contributed by atoms with van der Waals surface area (Å²) >= 11 is 0. The Kier molecular flexibility index (Phi) is 6.06. The molecule has 0 saturated carbocycles. The first kappa shape index (κ1) is 19.0. The molecule has 6 nitrogen and oxygen atoms in total. The fraction of sp³-hybridized carbons (Fsp3) is 0.765. The fourth-order valence-corrected chi connectivity index (χ4v) is 5.15. The minimum atomic E-state index is -2.98. The molecule has 0 N–H and O–H groups in total. The van der Waals surface area contributed by atoms with E-state index in [1.54, 1.807) is 0 Å². The molecule has 136 valence electrons. The van der Waals surface area contributed by atoms with Crippen molar-refractivity contribution in [1.29, 1.82) is 0 Å². The summed E-state index contributed by atoms with van der Waals surface area (Å²) < 4.78 is 25.4. The van der Waals surface area contributed by atoms with E-state index < -0.39 is 9.84 Å². The van der Waals surface area contributed by atoms with Gasteiger partial charge in [0, 0.05) is 31.7 Å². The molecular formula is C17H29N3O3S. The van der Waals surface area contributed by atoms with Crippen LogP contribution in [0.25, 0.3) is 0 Å². The van der Waals surface area contributed by atoms with Gasteiger partial charge in [0.15, 0.2) is 9.84 Å². The van der Waals surface area contributed by atoms with Crippen molar-refractivity contribution in [2.45, 2.75) is 58.9 Å². The molecule has 2 rings (SSSR count). The molecule has 1 atom stereocenters. The second-order valence-corrected chi connectivity index (χ2v) is 9.00. The standard InChI is InChI=1S/C17H29N3O3S/c1-5-6-10-20(15-9-11-24(22,23)12-15)17(21)8-7-16-13(2)18-19(4)14(16)3/h15H,5-12H2,1-4H3. The number of aromatic nitrogens is 2. The third-order valence-corrected chi connectivity index (χ3v) is 6.72. The van der Waals surface area contributed by atoms with Crippen molar-refractivity contribution in [3.05, 3.63) is 17.0 Å². The Hall–Kier alpha value is -1.37. The summed E-state index contributed by atoms with van der Waals surface area (Å²) in [6.45, 7) is 6.71. The number of unbranched alkanes of at least 4 members (excludes halogenated alkanes) is 1. The van der Waals surface area contributed by atoms with Crippen molar-refractivity contribution in [2.24, 2.45) is 7.05 Å². The molecule has 1 unspecified atom stereocenters. The van der Waals surface area contributed by atoms with Crippen LogP contribution in [0.2, 0.25) is 0 Å². The van der Waals surface area contributed by atoms with Crippen molar-refractivity contribution >= 4 is 15.7 Å². The summed E-state index contributed by atoms with van der Waals surface area (Å²) in [5.41, 5.74) is 3.18. The highest BCUT2D eigenvalue weighted by Crippen LogP contribution is 2.21. The third kappa shape index (κ3) is 4.37. The molecule has 1 aliphatic rings. The predicted octanol–water partition coefficient (Wildman–Crippen LogP) is 1.79. The van der Waals surface area contributed by atoms with E-state index in [4.69, 9.17) is 0 Å². The van der Waals surface area contributed by atoms with Gasteiger partial charge in [-0.05, 0) is 38.7 Å². The molecule has 0 aliphatic carbocycles. The van der Waals surface area contributed by atoms with Crippen LogP contribution in [0.3, 0.4) is 0 Å². The van der Waals surface area contributed by atoms with E-state index in [9.17, 15) is 13.2 Å². The Balaban J connectivity index is 2.05. The predicted molar refractivity (Wildman–Crippen MR) is 94.7 cm³/mol. The van der Waals surface area contributed by atoms with Gasteiger partial charge in [-0.3, -0.25) is 9.48 Å². The maximum atomic E-state index is 12.8. The normalized spacial score (nSPS) is 19.6. The first-order valence-electron chi connectivity index (χ1n) is 8.74. The van der Waals surface area contributed by atoms with E-state index in [1.165, 1.54) is 0 Å². The average Bonchev–Trinajstić information content (AvgIpc) is 2.98. The van der Waals surface area contributed by atoms with Gasteiger partial charge < -0.3 is 4.90 Å². The van der Waals surface area contributed by atoms with Crippen LogP contribution in [-0.2, 0) is 28.1 Å². The lowest BCUT2D eigenvalue weighted by Crippen LogP contribution is -2.41. The smallest absolute Gasteiger partial charge is 0.223 e. The molecule has 7 heteroatoms. The van der Waals surface area contributed by atoms with E-state index in [1.807, 2.05) is 30.5 Å². The van der Waals surface area contributed by atoms with Crippen LogP contribution in [0, 0.1) is 13.8 Å². The Labute approximate surface area is 145 Å². The Morgan fingerprint density at radius 3 is 2.58 bits per heavy atom. The van der Waals surface area contributed by atoms with E-state index in [0.29, 0.717) is 25.8 Å². The highest BCUT2D eigenvalue weighted by molar-refractivity contribution is 7.91. The molecule has 0 bridgehead atoms. The third-order valence-electron chi connectivity index (χ3n) is 4.97. The second kappa shape index (κ2) is 7.68. The number of carbonyl (C=O) groups excluding carboxylic acids is 1. The second-order valence-electron chi connectivity index (χ2n) is 6.77. The monoisotopic (exact) mass is 355 g/mol. The highest BCUT2D eigenvalue weighted by Gasteiger charge is 2.34. The lowest BCUT2D eigenvalue weighted by molar-refractivity contribution is -0.133. The molecule has 1 saturated heterocycles. The summed E-state index contributed by atoms with van der Waals surface area (Å²) in [4.78, 5) is 14.6. The van der Waals surface area contributed by atoms with Gasteiger partial charge >= 0.3 is 0 Å². The fourth-order valence-electron chi connectivity index (χ4n) is 3.42. The van der Waals surface area contributed by atoms with Crippen LogP contribution in [0.15, 0.2) is 0 Å². The molecular weight excluding hydrogens is 326 g/mol. The van der Waals surface area contributed by atoms with Crippen LogP contribution >= 0.6 is 0 Å². The van der Waals surface area contributed by atoms with Crippen LogP contribution in [0.5, 0.6) is 0 Å². The summed E-state index contributed by atoms with van der Waals surface area (Å²) in [5, 5.41) is 4.39. The number of carbonyl (C=O) groups is 1. The van der Waals surface area contributed by atoms with Crippen LogP contribution in [-0.4, -0.2) is 53.1 Å². The SMILES string of the molecule is CCCCN(C(=O)CCc1c(C)nn(C)c1C)C1CCS(=O)(=O)C1. The minimum absolute atomic E-state index is 0.0632. The number of hydrogen-bond donors (Lipinski definition) is 0. The van der Waals surface area contributed by atoms with Crippen molar-refractivity contribution in [1.82, 2.24) is 14.7 Å². The number of hydrogen-bond acceptors (Lipinski definition) is 4. The maximum absolute atomic E-state index is 12.8. The van der Waals surface area contributed by atoms with E-state index in [0.717, 1.165) is 29.8 Å². The summed E-state index contributed by atoms with van der Waals surface area (Å²) in [7, 11) is -1.08. The van der Waals surface area contributed by atoms with Crippen LogP contribution < -0.4 is 0 Å². The molecule has 0 spiro atoms. The van der Waals surface area contributed by atoms with Crippen molar-refractivity contribution in [3.63, 3.8) is 0 Å². The van der Waals surface area contributed by atoms with Crippen LogP contribution in [0.1, 0.15) is 49.6 Å². The lowest BCUT2D eigenvalue weighted by Gasteiger charge is -2.28. The van der Waals surface area contributed by atoms with Gasteiger partial charge in [-0.1, -0.05) is 13.3 Å². The van der Waals surface area contributed by atoms with Crippen molar-refractivity contribution < 1.29 is 13.2 Å². The number of amides is 1. The summed E-state index contributed by atoms with van der Waals surface area (Å²) in [6, 6.07) is -0.148. The molecule has 24 heavy (non-hydrogen) atoms. The zero-order valence-corrected chi connectivity index (χ0v) is 16.0. The van der Waals surface area contributed by atoms with E-state index >= 15 is 0 Å². The molecule has 1 amide bonds. The average molecular weight is 356 g/mol. The van der Waals surface area contributed by atoms with Crippen molar-refractivity contribution in [3.8, 4) is 0 Å². The molecule has 2 heterocycles. The molecule has 0 aromatic carbocycles. The zero-order chi connectivity index (χ0) is 17.9. The largest absolute Gasteiger partial charge is 0.339 e. The van der Waals surface area contributed by atoms with E-state index in [2.05, 4.69) is 12.0 Å². The van der Waals surface area contributed by atoms with Gasteiger partial charge in [0.1, 0.15) is 0 Å². The Morgan fingerprint density at radius 2 is 2.08 bits per heavy atom. The topological polar surface area (TPSA) is 72.3 Å². The summed E-state index contributed by atoms with van der Waals surface area (Å²) in [5.74, 6) is 0.384. The number of aryl methyl sites for hydroxylation is 2. The molecule has 0 radical (unpaired) electrons. The summed E-state index contributed by atoms with van der Waals surface area (Å²) in [6.07, 6.45) is 3.54. The first-order valence-corrected chi connectivity index (χ1v) is 10.6. The first-order chi connectivity index (χ1) is 11.2. The molecule has 1 aliphatic heterocycles. The highest BCUT2D eigenvalue weighted by atomic mass is 32.2. The minimum Gasteiger partial charge on any atom is -0.339 e. The van der Waals surface area contributed by atoms with Gasteiger partial charge in [-0.25, -0.2) is 8.42 Å². The quantitative estimate of drug-likeness (QED) is 0.747. The van der Waals surface area contributed by atoms with E-state index in [-0.39, 0.29) is 23.5 Å². The molecule has 1 aromatic rings. The van der Waals surface area contributed by atoms with Gasteiger partial charge in [0.2, 0.25) is 5.91 Å². The number of nitrogens with zero attached hydrogens (tertiary/aromatic N) is 3. The van der Waals surface area contributed by atoms with Gasteiger partial charge in [0.05, 0.1) is 17.2 Å². The van der Waals surface area contributed by atoms with Gasteiger partial charge in [-0.15, -0.1) is 0 Å². The molecule has 1 fully saturated rings. The zero-order valence-electron chi connectivity index (χ0n) is 15.2. The lowest BCUT2D eigenvalue weighted by atomic mass is 10.1. The number of rotatable bonds is 7. The Morgan fingerprint density at radius 1 is 1.38 bits per heavy atom.